The van der Waals surface area contributed by atoms with Crippen molar-refractivity contribution in [2.24, 2.45) is 0 Å². The molecule has 5 heteroatoms. The number of hydrogen-bond donors (Lipinski definition) is 2. The Morgan fingerprint density at radius 1 is 0.852 bits per heavy atom. The Hall–Kier alpha value is -3.47. The molecule has 0 aromatic heterocycles. The number of halogens is 1. The number of carbonyl (C=O) groups excluding carboxylic acids is 2. The van der Waals surface area contributed by atoms with Gasteiger partial charge in [-0.1, -0.05) is 48.0 Å². The van der Waals surface area contributed by atoms with Crippen molar-refractivity contribution in [1.82, 2.24) is 5.32 Å². The van der Waals surface area contributed by atoms with E-state index in [0.717, 1.165) is 11.1 Å². The van der Waals surface area contributed by atoms with Crippen molar-refractivity contribution in [2.75, 3.05) is 5.32 Å². The molecule has 0 aliphatic rings. The quantitative estimate of drug-likeness (QED) is 0.710. The van der Waals surface area contributed by atoms with E-state index >= 15 is 0 Å². The Morgan fingerprint density at radius 3 is 2.22 bits per heavy atom. The Morgan fingerprint density at radius 2 is 1.52 bits per heavy atom. The van der Waals surface area contributed by atoms with E-state index in [-0.39, 0.29) is 17.2 Å². The van der Waals surface area contributed by atoms with Gasteiger partial charge in [0.05, 0.1) is 5.69 Å². The van der Waals surface area contributed by atoms with Crippen LogP contribution in [0, 0.1) is 12.7 Å². The first-order valence-electron chi connectivity index (χ1n) is 8.52. The fourth-order valence-corrected chi connectivity index (χ4v) is 2.55. The molecule has 0 atom stereocenters. The monoisotopic (exact) mass is 362 g/mol. The molecule has 136 valence electrons. The summed E-state index contributed by atoms with van der Waals surface area (Å²) in [6.07, 6.45) is 0. The highest BCUT2D eigenvalue weighted by molar-refractivity contribution is 6.06. The summed E-state index contributed by atoms with van der Waals surface area (Å²) in [4.78, 5) is 24.7. The number of amides is 2. The van der Waals surface area contributed by atoms with Crippen molar-refractivity contribution in [3.8, 4) is 0 Å². The molecule has 0 saturated heterocycles. The smallest absolute Gasteiger partial charge is 0.255 e. The molecule has 0 unspecified atom stereocenters. The molecule has 0 bridgehead atoms. The number of carbonyl (C=O) groups is 2. The van der Waals surface area contributed by atoms with E-state index in [1.165, 1.54) is 18.2 Å². The van der Waals surface area contributed by atoms with Gasteiger partial charge >= 0.3 is 0 Å². The van der Waals surface area contributed by atoms with E-state index in [4.69, 9.17) is 0 Å². The maximum atomic E-state index is 13.7. The second-order valence-corrected chi connectivity index (χ2v) is 6.18. The van der Waals surface area contributed by atoms with Crippen molar-refractivity contribution >= 4 is 17.5 Å². The molecule has 3 rings (SSSR count). The molecule has 3 aromatic rings. The van der Waals surface area contributed by atoms with E-state index in [9.17, 15) is 14.0 Å². The summed E-state index contributed by atoms with van der Waals surface area (Å²) in [5.41, 5.74) is 2.88. The van der Waals surface area contributed by atoms with Crippen LogP contribution in [0.2, 0.25) is 0 Å². The third kappa shape index (κ3) is 4.79. The summed E-state index contributed by atoms with van der Waals surface area (Å²) in [6.45, 7) is 2.39. The van der Waals surface area contributed by atoms with Gasteiger partial charge in [-0.15, -0.1) is 0 Å². The maximum absolute atomic E-state index is 13.7. The summed E-state index contributed by atoms with van der Waals surface area (Å²) in [6, 6.07) is 20.1. The maximum Gasteiger partial charge on any atom is 0.255 e. The van der Waals surface area contributed by atoms with Crippen LogP contribution >= 0.6 is 0 Å². The van der Waals surface area contributed by atoms with Crippen molar-refractivity contribution in [3.05, 3.63) is 101 Å². The lowest BCUT2D eigenvalue weighted by molar-refractivity contribution is 0.0951. The summed E-state index contributed by atoms with van der Waals surface area (Å²) >= 11 is 0. The molecule has 0 fully saturated rings. The first kappa shape index (κ1) is 18.3. The lowest BCUT2D eigenvalue weighted by atomic mass is 10.1. The summed E-state index contributed by atoms with van der Waals surface area (Å²) in [7, 11) is 0. The molecule has 3 aromatic carbocycles. The number of rotatable bonds is 5. The largest absolute Gasteiger partial charge is 0.348 e. The van der Waals surface area contributed by atoms with E-state index in [1.54, 1.807) is 30.3 Å². The molecule has 27 heavy (non-hydrogen) atoms. The molecule has 2 N–H and O–H groups in total. The van der Waals surface area contributed by atoms with Gasteiger partial charge < -0.3 is 10.6 Å². The highest BCUT2D eigenvalue weighted by Gasteiger charge is 2.12. The molecule has 2 amide bonds. The van der Waals surface area contributed by atoms with Gasteiger partial charge in [0.2, 0.25) is 0 Å². The number of anilines is 1. The van der Waals surface area contributed by atoms with Crippen LogP contribution in [-0.4, -0.2) is 11.8 Å². The minimum Gasteiger partial charge on any atom is -0.348 e. The highest BCUT2D eigenvalue weighted by Crippen LogP contribution is 2.15. The standard InChI is InChI=1S/C22H19FN2O2/c1-15-9-11-16(12-10-15)14-24-21(26)17-5-4-6-18(13-17)22(27)25-20-8-3-2-7-19(20)23/h2-13H,14H2,1H3,(H,24,26)(H,25,27). The third-order valence-corrected chi connectivity index (χ3v) is 4.08. The Kier molecular flexibility index (Phi) is 5.61. The number of benzene rings is 3. The van der Waals surface area contributed by atoms with E-state index in [0.29, 0.717) is 12.1 Å². The molecule has 4 nitrogen and oxygen atoms in total. The number of para-hydroxylation sites is 1. The number of aryl methyl sites for hydroxylation is 1. The molecule has 0 saturated carbocycles. The SMILES string of the molecule is Cc1ccc(CNC(=O)c2cccc(C(=O)Nc3ccccc3F)c2)cc1. The molecule has 0 heterocycles. The van der Waals surface area contributed by atoms with E-state index < -0.39 is 11.7 Å². The fraction of sp³-hybridized carbons (Fsp3) is 0.0909. The fourth-order valence-electron chi connectivity index (χ4n) is 2.55. The summed E-state index contributed by atoms with van der Waals surface area (Å²) in [5.74, 6) is -1.28. The molecule has 0 spiro atoms. The van der Waals surface area contributed by atoms with Crippen molar-refractivity contribution in [1.29, 1.82) is 0 Å². The van der Waals surface area contributed by atoms with Crippen molar-refractivity contribution in [3.63, 3.8) is 0 Å². The first-order chi connectivity index (χ1) is 13.0. The third-order valence-electron chi connectivity index (χ3n) is 4.08. The van der Waals surface area contributed by atoms with Crippen LogP contribution in [0.1, 0.15) is 31.8 Å². The van der Waals surface area contributed by atoms with E-state index in [2.05, 4.69) is 10.6 Å². The lowest BCUT2D eigenvalue weighted by Gasteiger charge is -2.09. The van der Waals surface area contributed by atoms with Gasteiger partial charge in [0.15, 0.2) is 0 Å². The van der Waals surface area contributed by atoms with Gasteiger partial charge in [-0.2, -0.15) is 0 Å². The van der Waals surface area contributed by atoms with Crippen LogP contribution in [0.4, 0.5) is 10.1 Å². The first-order valence-corrected chi connectivity index (χ1v) is 8.52. The van der Waals surface area contributed by atoms with Crippen LogP contribution in [-0.2, 0) is 6.54 Å². The second kappa shape index (κ2) is 8.27. The van der Waals surface area contributed by atoms with Crippen molar-refractivity contribution in [2.45, 2.75) is 13.5 Å². The van der Waals surface area contributed by atoms with Gasteiger partial charge in [-0.05, 0) is 42.8 Å². The topological polar surface area (TPSA) is 58.2 Å². The Balaban J connectivity index is 1.67. The Bertz CT molecular complexity index is 968. The van der Waals surface area contributed by atoms with E-state index in [1.807, 2.05) is 31.2 Å². The van der Waals surface area contributed by atoms with Crippen LogP contribution in [0.15, 0.2) is 72.8 Å². The number of nitrogens with one attached hydrogen (secondary N) is 2. The zero-order chi connectivity index (χ0) is 19.2. The van der Waals surface area contributed by atoms with Crippen molar-refractivity contribution < 1.29 is 14.0 Å². The summed E-state index contributed by atoms with van der Waals surface area (Å²) < 4.78 is 13.7. The van der Waals surface area contributed by atoms with Crippen LogP contribution in [0.3, 0.4) is 0 Å². The number of hydrogen-bond acceptors (Lipinski definition) is 2. The van der Waals surface area contributed by atoms with Gasteiger partial charge in [-0.25, -0.2) is 4.39 Å². The lowest BCUT2D eigenvalue weighted by Crippen LogP contribution is -2.23. The van der Waals surface area contributed by atoms with Gasteiger partial charge in [-0.3, -0.25) is 9.59 Å². The molecule has 0 radical (unpaired) electrons. The molecule has 0 aliphatic carbocycles. The average molecular weight is 362 g/mol. The van der Waals surface area contributed by atoms with Gasteiger partial charge in [0.1, 0.15) is 5.82 Å². The normalized spacial score (nSPS) is 10.3. The zero-order valence-corrected chi connectivity index (χ0v) is 14.8. The predicted molar refractivity (Wildman–Crippen MR) is 103 cm³/mol. The summed E-state index contributed by atoms with van der Waals surface area (Å²) in [5, 5.41) is 5.34. The van der Waals surface area contributed by atoms with Crippen LogP contribution < -0.4 is 10.6 Å². The molecule has 0 aliphatic heterocycles. The van der Waals surface area contributed by atoms with Gasteiger partial charge in [0, 0.05) is 17.7 Å². The minimum atomic E-state index is -0.516. The second-order valence-electron chi connectivity index (χ2n) is 6.18. The minimum absolute atomic E-state index is 0.0942. The average Bonchev–Trinajstić information content (AvgIpc) is 2.69. The highest BCUT2D eigenvalue weighted by atomic mass is 19.1. The zero-order valence-electron chi connectivity index (χ0n) is 14.8. The predicted octanol–water partition coefficient (Wildman–Crippen LogP) is 4.32. The molecular weight excluding hydrogens is 343 g/mol. The van der Waals surface area contributed by atoms with Crippen LogP contribution in [0.25, 0.3) is 0 Å². The van der Waals surface area contributed by atoms with Gasteiger partial charge in [0.25, 0.3) is 11.8 Å². The Labute approximate surface area is 157 Å². The van der Waals surface area contributed by atoms with Crippen LogP contribution in [0.5, 0.6) is 0 Å². The molecular formula is C22H19FN2O2.